The first-order chi connectivity index (χ1) is 8.56. The van der Waals surface area contributed by atoms with Gasteiger partial charge in [0.15, 0.2) is 0 Å². The molecule has 1 aliphatic rings. The summed E-state index contributed by atoms with van der Waals surface area (Å²) >= 11 is 3.38. The van der Waals surface area contributed by atoms with Crippen LogP contribution in [-0.2, 0) is 6.54 Å². The highest BCUT2D eigenvalue weighted by Crippen LogP contribution is 2.24. The van der Waals surface area contributed by atoms with Gasteiger partial charge in [0.25, 0.3) is 5.56 Å². The molecule has 5 nitrogen and oxygen atoms in total. The van der Waals surface area contributed by atoms with Crippen LogP contribution in [0, 0.1) is 0 Å². The van der Waals surface area contributed by atoms with Crippen LogP contribution < -0.4 is 16.2 Å². The Morgan fingerprint density at radius 1 is 1.67 bits per heavy atom. The summed E-state index contributed by atoms with van der Waals surface area (Å²) in [6.07, 6.45) is 3.66. The van der Waals surface area contributed by atoms with Gasteiger partial charge in [0.05, 0.1) is 11.9 Å². The molecule has 6 heteroatoms. The molecule has 0 aliphatic carbocycles. The summed E-state index contributed by atoms with van der Waals surface area (Å²) in [7, 11) is 0. The zero-order valence-corrected chi connectivity index (χ0v) is 12.4. The third kappa shape index (κ3) is 2.75. The van der Waals surface area contributed by atoms with E-state index in [0.29, 0.717) is 11.0 Å². The molecule has 1 atom stereocenters. The monoisotopic (exact) mass is 314 g/mol. The van der Waals surface area contributed by atoms with Crippen molar-refractivity contribution in [3.05, 3.63) is 21.0 Å². The summed E-state index contributed by atoms with van der Waals surface area (Å²) in [6.45, 7) is 6.73. The van der Waals surface area contributed by atoms with Crippen LogP contribution in [0.2, 0.25) is 0 Å². The molecule has 0 spiro atoms. The molecule has 18 heavy (non-hydrogen) atoms. The van der Waals surface area contributed by atoms with Crippen LogP contribution in [0.1, 0.15) is 26.7 Å². The Morgan fingerprint density at radius 3 is 3.06 bits per heavy atom. The lowest BCUT2D eigenvalue weighted by atomic mass is 10.0. The van der Waals surface area contributed by atoms with Gasteiger partial charge in [-0.1, -0.05) is 6.92 Å². The Hall–Kier alpha value is -0.880. The highest BCUT2D eigenvalue weighted by molar-refractivity contribution is 9.10. The van der Waals surface area contributed by atoms with Crippen LogP contribution in [0.4, 0.5) is 5.69 Å². The Balaban J connectivity index is 2.24. The van der Waals surface area contributed by atoms with Gasteiger partial charge in [0.2, 0.25) is 0 Å². The number of hydrogen-bond donors (Lipinski definition) is 2. The summed E-state index contributed by atoms with van der Waals surface area (Å²) in [6, 6.07) is 0. The number of aromatic nitrogens is 2. The van der Waals surface area contributed by atoms with Crippen molar-refractivity contribution < 1.29 is 0 Å². The molecule has 0 bridgehead atoms. The van der Waals surface area contributed by atoms with Gasteiger partial charge in [0, 0.05) is 18.6 Å². The van der Waals surface area contributed by atoms with E-state index < -0.39 is 0 Å². The van der Waals surface area contributed by atoms with E-state index in [0.717, 1.165) is 31.6 Å². The maximum absolute atomic E-state index is 12.1. The number of rotatable bonds is 4. The summed E-state index contributed by atoms with van der Waals surface area (Å²) < 4.78 is 2.06. The van der Waals surface area contributed by atoms with Crippen molar-refractivity contribution in [2.24, 2.45) is 0 Å². The van der Waals surface area contributed by atoms with E-state index in [1.54, 1.807) is 6.20 Å². The maximum atomic E-state index is 12.1. The smallest absolute Gasteiger partial charge is 0.283 e. The van der Waals surface area contributed by atoms with Crippen molar-refractivity contribution in [2.45, 2.75) is 38.8 Å². The minimum Gasteiger partial charge on any atom is -0.376 e. The molecule has 2 rings (SSSR count). The van der Waals surface area contributed by atoms with Gasteiger partial charge in [-0.25, -0.2) is 4.68 Å². The molecule has 0 aromatic carbocycles. The normalized spacial score (nSPS) is 23.3. The average Bonchev–Trinajstić information content (AvgIpc) is 2.76. The molecule has 0 radical (unpaired) electrons. The van der Waals surface area contributed by atoms with E-state index in [1.807, 2.05) is 6.92 Å². The van der Waals surface area contributed by atoms with Crippen molar-refractivity contribution in [1.29, 1.82) is 0 Å². The number of halogens is 1. The van der Waals surface area contributed by atoms with Crippen LogP contribution in [0.3, 0.4) is 0 Å². The Labute approximate surface area is 115 Å². The molecule has 0 amide bonds. The first-order valence-electron chi connectivity index (χ1n) is 6.30. The lowest BCUT2D eigenvalue weighted by Gasteiger charge is -2.26. The number of nitrogens with zero attached hydrogens (tertiary/aromatic N) is 2. The largest absolute Gasteiger partial charge is 0.376 e. The van der Waals surface area contributed by atoms with Gasteiger partial charge < -0.3 is 10.6 Å². The van der Waals surface area contributed by atoms with E-state index in [2.05, 4.69) is 38.6 Å². The molecular formula is C12H19BrN4O. The summed E-state index contributed by atoms with van der Waals surface area (Å²) in [4.78, 5) is 12.1. The third-order valence-electron chi connectivity index (χ3n) is 3.23. The zero-order valence-electron chi connectivity index (χ0n) is 10.8. The standard InChI is InChI=1S/C12H19BrN4O/c1-3-6-17-11(18)10(13)9(7-15-17)16-12(2)4-5-14-8-12/h7,14,16H,3-6,8H2,1-2H3. The molecule has 1 aromatic heterocycles. The van der Waals surface area contributed by atoms with Crippen LogP contribution in [0.15, 0.2) is 15.5 Å². The highest BCUT2D eigenvalue weighted by Gasteiger charge is 2.29. The van der Waals surface area contributed by atoms with E-state index in [1.165, 1.54) is 4.68 Å². The van der Waals surface area contributed by atoms with Crippen molar-refractivity contribution in [3.8, 4) is 0 Å². The minimum absolute atomic E-state index is 0.00637. The maximum Gasteiger partial charge on any atom is 0.283 e. The van der Waals surface area contributed by atoms with Gasteiger partial charge in [-0.05, 0) is 42.2 Å². The predicted octanol–water partition coefficient (Wildman–Crippen LogP) is 1.58. The number of anilines is 1. The van der Waals surface area contributed by atoms with Gasteiger partial charge >= 0.3 is 0 Å². The third-order valence-corrected chi connectivity index (χ3v) is 3.99. The molecule has 1 unspecified atom stereocenters. The second-order valence-electron chi connectivity index (χ2n) is 5.01. The van der Waals surface area contributed by atoms with Gasteiger partial charge in [0.1, 0.15) is 4.47 Å². The first-order valence-corrected chi connectivity index (χ1v) is 7.09. The van der Waals surface area contributed by atoms with E-state index in [4.69, 9.17) is 0 Å². The molecule has 1 saturated heterocycles. The SMILES string of the molecule is CCCn1ncc(NC2(C)CCNC2)c(Br)c1=O. The molecule has 1 aromatic rings. The van der Waals surface area contributed by atoms with Crippen LogP contribution in [0.25, 0.3) is 0 Å². The van der Waals surface area contributed by atoms with Crippen molar-refractivity contribution >= 4 is 21.6 Å². The fourth-order valence-electron chi connectivity index (χ4n) is 2.17. The molecule has 1 fully saturated rings. The number of hydrogen-bond acceptors (Lipinski definition) is 4. The van der Waals surface area contributed by atoms with E-state index >= 15 is 0 Å². The van der Waals surface area contributed by atoms with Gasteiger partial charge in [-0.3, -0.25) is 4.79 Å². The predicted molar refractivity (Wildman–Crippen MR) is 76.0 cm³/mol. The molecule has 2 N–H and O–H groups in total. The van der Waals surface area contributed by atoms with Crippen LogP contribution in [-0.4, -0.2) is 28.4 Å². The van der Waals surface area contributed by atoms with Gasteiger partial charge in [-0.2, -0.15) is 5.10 Å². The lowest BCUT2D eigenvalue weighted by Crippen LogP contribution is -2.38. The summed E-state index contributed by atoms with van der Waals surface area (Å²) in [5, 5.41) is 10.9. The molecular weight excluding hydrogens is 296 g/mol. The fraction of sp³-hybridized carbons (Fsp3) is 0.667. The van der Waals surface area contributed by atoms with E-state index in [-0.39, 0.29) is 11.1 Å². The van der Waals surface area contributed by atoms with Crippen LogP contribution >= 0.6 is 15.9 Å². The fourth-order valence-corrected chi connectivity index (χ4v) is 2.58. The second-order valence-corrected chi connectivity index (χ2v) is 5.81. The summed E-state index contributed by atoms with van der Waals surface area (Å²) in [5.74, 6) is 0. The quantitative estimate of drug-likeness (QED) is 0.886. The van der Waals surface area contributed by atoms with Crippen molar-refractivity contribution in [3.63, 3.8) is 0 Å². The Bertz CT molecular complexity index is 479. The number of aryl methyl sites for hydroxylation is 1. The molecule has 100 valence electrons. The van der Waals surface area contributed by atoms with Crippen LogP contribution in [0.5, 0.6) is 0 Å². The number of nitrogens with one attached hydrogen (secondary N) is 2. The first kappa shape index (κ1) is 13.5. The second kappa shape index (κ2) is 5.40. The average molecular weight is 315 g/mol. The lowest BCUT2D eigenvalue weighted by molar-refractivity contribution is 0.551. The van der Waals surface area contributed by atoms with Crippen molar-refractivity contribution in [2.75, 3.05) is 18.4 Å². The van der Waals surface area contributed by atoms with E-state index in [9.17, 15) is 4.79 Å². The Kier molecular flexibility index (Phi) is 4.07. The Morgan fingerprint density at radius 2 is 2.44 bits per heavy atom. The minimum atomic E-state index is -0.0728. The zero-order chi connectivity index (χ0) is 13.2. The highest BCUT2D eigenvalue weighted by atomic mass is 79.9. The summed E-state index contributed by atoms with van der Waals surface area (Å²) in [5.41, 5.74) is 0.697. The molecule has 1 aliphatic heterocycles. The molecule has 2 heterocycles. The van der Waals surface area contributed by atoms with Gasteiger partial charge in [-0.15, -0.1) is 0 Å². The molecule has 0 saturated carbocycles. The topological polar surface area (TPSA) is 59.0 Å². The van der Waals surface area contributed by atoms with Crippen molar-refractivity contribution in [1.82, 2.24) is 15.1 Å².